The summed E-state index contributed by atoms with van der Waals surface area (Å²) < 4.78 is 4.94. The van der Waals surface area contributed by atoms with E-state index in [0.717, 1.165) is 0 Å². The quantitative estimate of drug-likeness (QED) is 0.446. The van der Waals surface area contributed by atoms with Crippen LogP contribution in [-0.2, 0) is 0 Å². The van der Waals surface area contributed by atoms with Crippen LogP contribution in [-0.4, -0.2) is 13.0 Å². The molecule has 0 aliphatic heterocycles. The summed E-state index contributed by atoms with van der Waals surface area (Å²) in [6.07, 6.45) is 0. The molecule has 0 heterocycles. The molecule has 0 aliphatic rings. The third kappa shape index (κ3) is 2.43. The number of hydrazine groups is 2. The Bertz CT molecular complexity index is 284. The van der Waals surface area contributed by atoms with Gasteiger partial charge in [-0.2, -0.15) is 5.53 Å². The molecule has 1 aromatic rings. The van der Waals surface area contributed by atoms with Crippen LogP contribution in [0.2, 0.25) is 0 Å². The normalized spacial score (nSPS) is 9.38. The number of rotatable bonds is 3. The number of methoxy groups -OCH3 is 1. The van der Waals surface area contributed by atoms with Gasteiger partial charge in [-0.25, -0.2) is 0 Å². The van der Waals surface area contributed by atoms with Gasteiger partial charge in [0.1, 0.15) is 5.75 Å². The van der Waals surface area contributed by atoms with Crippen LogP contribution in [0.15, 0.2) is 24.3 Å². The molecule has 0 fully saturated rings. The Balaban J connectivity index is 2.74. The summed E-state index contributed by atoms with van der Waals surface area (Å²) in [6.45, 7) is 0. The number of hydrogen-bond donors (Lipinski definition) is 3. The Kier molecular flexibility index (Phi) is 3.24. The number of amides is 1. The number of ether oxygens (including phenoxy) is 1. The van der Waals surface area contributed by atoms with Gasteiger partial charge in [-0.3, -0.25) is 16.1 Å². The van der Waals surface area contributed by atoms with Crippen molar-refractivity contribution in [2.24, 2.45) is 5.84 Å². The van der Waals surface area contributed by atoms with Gasteiger partial charge in [-0.15, -0.1) is 0 Å². The fraction of sp³-hybridized carbons (Fsp3) is 0.125. The molecule has 0 spiro atoms. The van der Waals surface area contributed by atoms with Crippen LogP contribution < -0.4 is 21.5 Å². The molecule has 70 valence electrons. The molecule has 0 unspecified atom stereocenters. The predicted octanol–water partition coefficient (Wildman–Crippen LogP) is -0.197. The molecule has 0 bridgehead atoms. The lowest BCUT2D eigenvalue weighted by Gasteiger charge is -2.03. The lowest BCUT2D eigenvalue weighted by atomic mass is 10.2. The highest BCUT2D eigenvalue weighted by Gasteiger charge is 2.02. The van der Waals surface area contributed by atoms with E-state index in [0.29, 0.717) is 11.3 Å². The molecule has 0 saturated heterocycles. The summed E-state index contributed by atoms with van der Waals surface area (Å²) in [6, 6.07) is 6.69. The monoisotopic (exact) mass is 181 g/mol. The average molecular weight is 181 g/mol. The maximum atomic E-state index is 11.1. The first kappa shape index (κ1) is 9.50. The molecule has 13 heavy (non-hydrogen) atoms. The summed E-state index contributed by atoms with van der Waals surface area (Å²) in [4.78, 5) is 11.1. The standard InChI is InChI=1S/C8H11N3O2/c1-13-7-4-2-6(3-5-7)8(12)10-11-9/h2-5,11H,9H2,1H3,(H,10,12). The minimum atomic E-state index is -0.287. The maximum absolute atomic E-state index is 11.1. The lowest BCUT2D eigenvalue weighted by Crippen LogP contribution is -2.42. The summed E-state index contributed by atoms with van der Waals surface area (Å²) in [7, 11) is 1.57. The van der Waals surface area contributed by atoms with Gasteiger partial charge in [0.25, 0.3) is 5.91 Å². The summed E-state index contributed by atoms with van der Waals surface area (Å²) in [5.74, 6) is 5.34. The molecule has 1 rings (SSSR count). The van der Waals surface area contributed by atoms with Crippen molar-refractivity contribution in [2.45, 2.75) is 0 Å². The van der Waals surface area contributed by atoms with E-state index in [4.69, 9.17) is 10.6 Å². The van der Waals surface area contributed by atoms with E-state index >= 15 is 0 Å². The van der Waals surface area contributed by atoms with Crippen molar-refractivity contribution in [3.8, 4) is 5.75 Å². The molecule has 0 aliphatic carbocycles. The van der Waals surface area contributed by atoms with Gasteiger partial charge in [0.2, 0.25) is 0 Å². The first-order chi connectivity index (χ1) is 6.27. The highest BCUT2D eigenvalue weighted by molar-refractivity contribution is 5.93. The number of carbonyl (C=O) groups is 1. The van der Waals surface area contributed by atoms with Gasteiger partial charge in [0, 0.05) is 5.56 Å². The summed E-state index contributed by atoms with van der Waals surface area (Å²) >= 11 is 0. The minimum Gasteiger partial charge on any atom is -0.497 e. The fourth-order valence-electron chi connectivity index (χ4n) is 0.880. The zero-order chi connectivity index (χ0) is 9.68. The van der Waals surface area contributed by atoms with Gasteiger partial charge in [0.05, 0.1) is 7.11 Å². The second kappa shape index (κ2) is 4.44. The molecule has 0 aromatic heterocycles. The van der Waals surface area contributed by atoms with E-state index in [1.807, 2.05) is 0 Å². The number of carbonyl (C=O) groups excluding carboxylic acids is 1. The van der Waals surface area contributed by atoms with Crippen molar-refractivity contribution >= 4 is 5.91 Å². The van der Waals surface area contributed by atoms with E-state index in [9.17, 15) is 4.79 Å². The Morgan fingerprint density at radius 1 is 1.38 bits per heavy atom. The summed E-state index contributed by atoms with van der Waals surface area (Å²) in [5, 5.41) is 0. The van der Waals surface area contributed by atoms with Gasteiger partial charge in [-0.05, 0) is 24.3 Å². The van der Waals surface area contributed by atoms with Crippen LogP contribution in [0.5, 0.6) is 5.75 Å². The highest BCUT2D eigenvalue weighted by Crippen LogP contribution is 2.10. The fourth-order valence-corrected chi connectivity index (χ4v) is 0.880. The Morgan fingerprint density at radius 2 is 2.00 bits per heavy atom. The third-order valence-corrected chi connectivity index (χ3v) is 1.54. The first-order valence-corrected chi connectivity index (χ1v) is 3.68. The second-order valence-corrected chi connectivity index (χ2v) is 2.33. The van der Waals surface area contributed by atoms with E-state index in [1.165, 1.54) is 0 Å². The van der Waals surface area contributed by atoms with Crippen LogP contribution in [0.4, 0.5) is 0 Å². The molecule has 5 heteroatoms. The molecule has 5 nitrogen and oxygen atoms in total. The number of benzene rings is 1. The van der Waals surface area contributed by atoms with E-state index < -0.39 is 0 Å². The Morgan fingerprint density at radius 3 is 2.46 bits per heavy atom. The molecule has 4 N–H and O–H groups in total. The van der Waals surface area contributed by atoms with Crippen LogP contribution in [0, 0.1) is 0 Å². The van der Waals surface area contributed by atoms with Crippen molar-refractivity contribution in [3.63, 3.8) is 0 Å². The van der Waals surface area contributed by atoms with Gasteiger partial charge in [0.15, 0.2) is 0 Å². The van der Waals surface area contributed by atoms with Crippen molar-refractivity contribution in [1.29, 1.82) is 0 Å². The van der Waals surface area contributed by atoms with Crippen LogP contribution in [0.1, 0.15) is 10.4 Å². The van der Waals surface area contributed by atoms with E-state index in [1.54, 1.807) is 31.4 Å². The molecular weight excluding hydrogens is 170 g/mol. The van der Waals surface area contributed by atoms with E-state index in [2.05, 4.69) is 11.0 Å². The van der Waals surface area contributed by atoms with Crippen LogP contribution >= 0.6 is 0 Å². The molecular formula is C8H11N3O2. The largest absolute Gasteiger partial charge is 0.497 e. The van der Waals surface area contributed by atoms with Gasteiger partial charge in [-0.1, -0.05) is 0 Å². The van der Waals surface area contributed by atoms with Gasteiger partial charge < -0.3 is 4.74 Å². The van der Waals surface area contributed by atoms with Crippen molar-refractivity contribution in [3.05, 3.63) is 29.8 Å². The van der Waals surface area contributed by atoms with Crippen LogP contribution in [0.3, 0.4) is 0 Å². The molecule has 0 radical (unpaired) electrons. The number of nitrogens with two attached hydrogens (primary N) is 1. The maximum Gasteiger partial charge on any atom is 0.266 e. The first-order valence-electron chi connectivity index (χ1n) is 3.68. The second-order valence-electron chi connectivity index (χ2n) is 2.33. The SMILES string of the molecule is COc1ccc(C(=O)NNN)cc1. The molecule has 1 aromatic carbocycles. The molecule has 1 amide bonds. The molecule has 0 atom stereocenters. The van der Waals surface area contributed by atoms with E-state index in [-0.39, 0.29) is 5.91 Å². The zero-order valence-corrected chi connectivity index (χ0v) is 7.20. The van der Waals surface area contributed by atoms with Crippen LogP contribution in [0.25, 0.3) is 0 Å². The third-order valence-electron chi connectivity index (χ3n) is 1.54. The summed E-state index contributed by atoms with van der Waals surface area (Å²) in [5.41, 5.74) is 4.82. The Labute approximate surface area is 75.8 Å². The lowest BCUT2D eigenvalue weighted by molar-refractivity contribution is 0.0933. The van der Waals surface area contributed by atoms with Gasteiger partial charge >= 0.3 is 0 Å². The smallest absolute Gasteiger partial charge is 0.266 e. The molecule has 0 saturated carbocycles. The average Bonchev–Trinajstić information content (AvgIpc) is 2.18. The number of nitrogens with one attached hydrogen (secondary N) is 2. The minimum absolute atomic E-state index is 0.287. The zero-order valence-electron chi connectivity index (χ0n) is 7.20. The van der Waals surface area contributed by atoms with Crippen molar-refractivity contribution in [2.75, 3.05) is 7.11 Å². The highest BCUT2D eigenvalue weighted by atomic mass is 16.5. The Hall–Kier alpha value is -1.59. The topological polar surface area (TPSA) is 76.4 Å². The predicted molar refractivity (Wildman–Crippen MR) is 47.8 cm³/mol. The van der Waals surface area contributed by atoms with Crippen molar-refractivity contribution in [1.82, 2.24) is 11.0 Å². The van der Waals surface area contributed by atoms with Crippen molar-refractivity contribution < 1.29 is 9.53 Å². The number of hydrogen-bond acceptors (Lipinski definition) is 4.